The number of halogens is 1. The summed E-state index contributed by atoms with van der Waals surface area (Å²) in [7, 11) is 0. The lowest BCUT2D eigenvalue weighted by atomic mass is 10.1. The molecule has 0 spiro atoms. The number of hydrogen-bond acceptors (Lipinski definition) is 4. The fraction of sp³-hybridized carbons (Fsp3) is 0.231. The van der Waals surface area contributed by atoms with Gasteiger partial charge in [-0.2, -0.15) is 0 Å². The third-order valence-electron chi connectivity index (χ3n) is 2.86. The molecule has 0 bridgehead atoms. The van der Waals surface area contributed by atoms with E-state index in [1.165, 1.54) is 6.07 Å². The van der Waals surface area contributed by atoms with Crippen LogP contribution >= 0.6 is 11.6 Å². The standard InChI is InChI=1S/C13H11ClO5/c1-6-7(2)13(17)19-10-4-11(18-5-12(15)16)9(14)3-8(6)10/h3-4H,5H2,1-2H3,(H,15,16). The van der Waals surface area contributed by atoms with Gasteiger partial charge in [-0.25, -0.2) is 9.59 Å². The van der Waals surface area contributed by atoms with Crippen molar-refractivity contribution in [1.82, 2.24) is 0 Å². The molecule has 100 valence electrons. The second-order valence-corrected chi connectivity index (χ2v) is 4.51. The monoisotopic (exact) mass is 282 g/mol. The van der Waals surface area contributed by atoms with Crippen molar-refractivity contribution in [3.8, 4) is 5.75 Å². The first kappa shape index (κ1) is 13.4. The molecule has 0 aliphatic carbocycles. The van der Waals surface area contributed by atoms with Gasteiger partial charge in [0.15, 0.2) is 6.61 Å². The lowest BCUT2D eigenvalue weighted by Crippen LogP contribution is -2.10. The number of hydrogen-bond donors (Lipinski definition) is 1. The topological polar surface area (TPSA) is 76.7 Å². The summed E-state index contributed by atoms with van der Waals surface area (Å²) in [6, 6.07) is 3.02. The molecule has 1 aromatic heterocycles. The number of aryl methyl sites for hydroxylation is 1. The molecule has 0 amide bonds. The normalized spacial score (nSPS) is 10.7. The summed E-state index contributed by atoms with van der Waals surface area (Å²) in [6.07, 6.45) is 0. The number of ether oxygens (including phenoxy) is 1. The summed E-state index contributed by atoms with van der Waals surface area (Å²) in [5, 5.41) is 9.53. The minimum absolute atomic E-state index is 0.169. The van der Waals surface area contributed by atoms with E-state index >= 15 is 0 Å². The Labute approximate surface area is 113 Å². The highest BCUT2D eigenvalue weighted by Crippen LogP contribution is 2.31. The Morgan fingerprint density at radius 1 is 1.37 bits per heavy atom. The van der Waals surface area contributed by atoms with Gasteiger partial charge in [-0.1, -0.05) is 11.6 Å². The molecule has 0 unspecified atom stereocenters. The molecule has 0 saturated heterocycles. The summed E-state index contributed by atoms with van der Waals surface area (Å²) in [5.74, 6) is -0.944. The van der Waals surface area contributed by atoms with Gasteiger partial charge in [-0.15, -0.1) is 0 Å². The third-order valence-corrected chi connectivity index (χ3v) is 3.16. The summed E-state index contributed by atoms with van der Waals surface area (Å²) in [6.45, 7) is 2.95. The highest BCUT2D eigenvalue weighted by molar-refractivity contribution is 6.32. The summed E-state index contributed by atoms with van der Waals surface area (Å²) in [5.41, 5.74) is 1.18. The van der Waals surface area contributed by atoms with E-state index < -0.39 is 18.2 Å². The summed E-state index contributed by atoms with van der Waals surface area (Å²) >= 11 is 6.01. The number of carboxylic acids is 1. The smallest absolute Gasteiger partial charge is 0.341 e. The van der Waals surface area contributed by atoms with Crippen LogP contribution in [0.5, 0.6) is 5.75 Å². The molecule has 5 nitrogen and oxygen atoms in total. The molecule has 2 rings (SSSR count). The molecule has 19 heavy (non-hydrogen) atoms. The molecule has 1 aromatic carbocycles. The van der Waals surface area contributed by atoms with Crippen molar-refractivity contribution in [2.24, 2.45) is 0 Å². The summed E-state index contributed by atoms with van der Waals surface area (Å²) in [4.78, 5) is 22.0. The van der Waals surface area contributed by atoms with Crippen molar-refractivity contribution >= 4 is 28.5 Å². The van der Waals surface area contributed by atoms with Gasteiger partial charge in [0.2, 0.25) is 0 Å². The largest absolute Gasteiger partial charge is 0.480 e. The predicted molar refractivity (Wildman–Crippen MR) is 70.1 cm³/mol. The van der Waals surface area contributed by atoms with E-state index in [4.69, 9.17) is 25.9 Å². The van der Waals surface area contributed by atoms with Gasteiger partial charge in [-0.05, 0) is 25.5 Å². The highest BCUT2D eigenvalue weighted by atomic mass is 35.5. The van der Waals surface area contributed by atoms with Gasteiger partial charge in [-0.3, -0.25) is 0 Å². The molecule has 1 heterocycles. The Kier molecular flexibility index (Phi) is 3.48. The molecule has 0 aliphatic rings. The van der Waals surface area contributed by atoms with E-state index in [9.17, 15) is 9.59 Å². The number of carbonyl (C=O) groups is 1. The van der Waals surface area contributed by atoms with Crippen molar-refractivity contribution in [2.45, 2.75) is 13.8 Å². The zero-order chi connectivity index (χ0) is 14.2. The predicted octanol–water partition coefficient (Wildman–Crippen LogP) is 2.53. The molecule has 0 aliphatic heterocycles. The van der Waals surface area contributed by atoms with Gasteiger partial charge >= 0.3 is 11.6 Å². The van der Waals surface area contributed by atoms with Crippen LogP contribution in [0.4, 0.5) is 0 Å². The van der Waals surface area contributed by atoms with Gasteiger partial charge < -0.3 is 14.3 Å². The molecule has 0 atom stereocenters. The van der Waals surface area contributed by atoms with Crippen LogP contribution in [0, 0.1) is 13.8 Å². The first-order valence-corrected chi connectivity index (χ1v) is 5.86. The minimum atomic E-state index is -1.11. The van der Waals surface area contributed by atoms with Gasteiger partial charge in [0.1, 0.15) is 11.3 Å². The molecular formula is C13H11ClO5. The van der Waals surface area contributed by atoms with Crippen LogP contribution in [0.15, 0.2) is 21.3 Å². The highest BCUT2D eigenvalue weighted by Gasteiger charge is 2.12. The average Bonchev–Trinajstić information content (AvgIpc) is 2.35. The van der Waals surface area contributed by atoms with Crippen molar-refractivity contribution in [1.29, 1.82) is 0 Å². The molecule has 6 heteroatoms. The van der Waals surface area contributed by atoms with E-state index in [1.807, 2.05) is 0 Å². The van der Waals surface area contributed by atoms with Gasteiger partial charge in [0.25, 0.3) is 0 Å². The second kappa shape index (κ2) is 4.93. The zero-order valence-corrected chi connectivity index (χ0v) is 11.1. The van der Waals surface area contributed by atoms with E-state index in [2.05, 4.69) is 0 Å². The zero-order valence-electron chi connectivity index (χ0n) is 10.3. The first-order chi connectivity index (χ1) is 8.90. The molecular weight excluding hydrogens is 272 g/mol. The fourth-order valence-corrected chi connectivity index (χ4v) is 1.91. The Balaban J connectivity index is 2.59. The Morgan fingerprint density at radius 3 is 2.68 bits per heavy atom. The van der Waals surface area contributed by atoms with Crippen LogP contribution in [0.3, 0.4) is 0 Å². The number of benzene rings is 1. The molecule has 0 radical (unpaired) electrons. The van der Waals surface area contributed by atoms with E-state index in [0.717, 1.165) is 5.56 Å². The second-order valence-electron chi connectivity index (χ2n) is 4.10. The molecule has 0 fully saturated rings. The Hall–Kier alpha value is -2.01. The maximum absolute atomic E-state index is 11.6. The van der Waals surface area contributed by atoms with Crippen molar-refractivity contribution in [2.75, 3.05) is 6.61 Å². The van der Waals surface area contributed by atoms with Crippen molar-refractivity contribution in [3.05, 3.63) is 38.7 Å². The SMILES string of the molecule is Cc1c(C)c2cc(Cl)c(OCC(=O)O)cc2oc1=O. The van der Waals surface area contributed by atoms with Crippen LogP contribution in [0.25, 0.3) is 11.0 Å². The first-order valence-electron chi connectivity index (χ1n) is 5.48. The number of aliphatic carboxylic acids is 1. The maximum atomic E-state index is 11.6. The molecule has 1 N–H and O–H groups in total. The van der Waals surface area contributed by atoms with E-state index in [-0.39, 0.29) is 10.8 Å². The average molecular weight is 283 g/mol. The Morgan fingerprint density at radius 2 is 2.05 bits per heavy atom. The van der Waals surface area contributed by atoms with Crippen LogP contribution in [0.2, 0.25) is 5.02 Å². The van der Waals surface area contributed by atoms with E-state index in [1.54, 1.807) is 19.9 Å². The van der Waals surface area contributed by atoms with Crippen LogP contribution in [-0.2, 0) is 4.79 Å². The van der Waals surface area contributed by atoms with Crippen molar-refractivity contribution in [3.63, 3.8) is 0 Å². The quantitative estimate of drug-likeness (QED) is 0.875. The van der Waals surface area contributed by atoms with Gasteiger partial charge in [0.05, 0.1) is 5.02 Å². The Bertz CT molecular complexity index is 717. The van der Waals surface area contributed by atoms with Gasteiger partial charge in [0, 0.05) is 17.0 Å². The van der Waals surface area contributed by atoms with Crippen LogP contribution in [0.1, 0.15) is 11.1 Å². The third kappa shape index (κ3) is 2.56. The molecule has 2 aromatic rings. The maximum Gasteiger partial charge on any atom is 0.341 e. The fourth-order valence-electron chi connectivity index (χ4n) is 1.69. The lowest BCUT2D eigenvalue weighted by Gasteiger charge is -2.09. The van der Waals surface area contributed by atoms with E-state index in [0.29, 0.717) is 16.5 Å². The van der Waals surface area contributed by atoms with Crippen LogP contribution in [-0.4, -0.2) is 17.7 Å². The summed E-state index contributed by atoms with van der Waals surface area (Å²) < 4.78 is 10.2. The lowest BCUT2D eigenvalue weighted by molar-refractivity contribution is -0.139. The number of carboxylic acid groups (broad SMARTS) is 1. The number of rotatable bonds is 3. The van der Waals surface area contributed by atoms with Crippen LogP contribution < -0.4 is 10.4 Å². The number of fused-ring (bicyclic) bond motifs is 1. The minimum Gasteiger partial charge on any atom is -0.480 e. The van der Waals surface area contributed by atoms with Crippen molar-refractivity contribution < 1.29 is 19.1 Å². The molecule has 0 saturated carbocycles.